The first-order valence-electron chi connectivity index (χ1n) is 20.5. The molecule has 0 bridgehead atoms. The summed E-state index contributed by atoms with van der Waals surface area (Å²) in [5, 5.41) is 57.7. The van der Waals surface area contributed by atoms with Crippen molar-refractivity contribution in [2.24, 2.45) is 0 Å². The predicted molar refractivity (Wildman–Crippen MR) is 237 cm³/mol. The Labute approximate surface area is 355 Å². The summed E-state index contributed by atoms with van der Waals surface area (Å²) in [6, 6.07) is 31.8. The highest BCUT2D eigenvalue weighted by Gasteiger charge is 2.56. The maximum Gasteiger partial charge on any atom is 0.138 e. The number of hydrogen-bond acceptors (Lipinski definition) is 10. The van der Waals surface area contributed by atoms with Crippen molar-refractivity contribution in [2.75, 3.05) is 25.6 Å². The van der Waals surface area contributed by atoms with Crippen LogP contribution in [-0.2, 0) is 30.8 Å². The average Bonchev–Trinajstić information content (AvgIpc) is 3.87. The Morgan fingerprint density at radius 1 is 0.738 bits per heavy atom. The summed E-state index contributed by atoms with van der Waals surface area (Å²) in [6.07, 6.45) is 4.71. The van der Waals surface area contributed by atoms with Gasteiger partial charge in [-0.2, -0.15) is 0 Å². The van der Waals surface area contributed by atoms with E-state index in [4.69, 9.17) is 4.74 Å². The van der Waals surface area contributed by atoms with E-state index in [1.165, 1.54) is 18.2 Å². The topological polar surface area (TPSA) is 162 Å². The summed E-state index contributed by atoms with van der Waals surface area (Å²) in [5.74, 6) is -0.509. The maximum atomic E-state index is 16.5. The van der Waals surface area contributed by atoms with Crippen LogP contribution in [0.15, 0.2) is 122 Å². The van der Waals surface area contributed by atoms with Crippen LogP contribution in [0.3, 0.4) is 0 Å². The largest absolute Gasteiger partial charge is 0.508 e. The highest BCUT2D eigenvalue weighted by Crippen LogP contribution is 2.46. The van der Waals surface area contributed by atoms with Gasteiger partial charge in [0.05, 0.1) is 54.1 Å². The number of anilines is 1. The van der Waals surface area contributed by atoms with Gasteiger partial charge in [-0.1, -0.05) is 42.5 Å². The van der Waals surface area contributed by atoms with Crippen LogP contribution in [0, 0.1) is 5.82 Å². The van der Waals surface area contributed by atoms with E-state index >= 15 is 4.39 Å². The summed E-state index contributed by atoms with van der Waals surface area (Å²) in [6.45, 7) is 8.50. The second-order valence-corrected chi connectivity index (χ2v) is 17.1. The zero-order valence-electron chi connectivity index (χ0n) is 35.4. The lowest BCUT2D eigenvalue weighted by molar-refractivity contribution is -0.102. The fraction of sp³-hybridized carbons (Fsp3) is 0.333. The number of nitrogens with zero attached hydrogens (tertiary/aromatic N) is 4. The van der Waals surface area contributed by atoms with Crippen molar-refractivity contribution in [2.45, 2.75) is 82.4 Å². The Kier molecular flexibility index (Phi) is 12.4. The molecule has 0 fully saturated rings. The number of aliphatic hydroxyl groups is 2. The van der Waals surface area contributed by atoms with Gasteiger partial charge >= 0.3 is 0 Å². The molecule has 2 atom stereocenters. The van der Waals surface area contributed by atoms with Gasteiger partial charge in [0.1, 0.15) is 34.2 Å². The lowest BCUT2D eigenvalue weighted by atomic mass is 9.68. The molecule has 0 aliphatic carbocycles. The van der Waals surface area contributed by atoms with Gasteiger partial charge in [-0.05, 0) is 112 Å². The first-order chi connectivity index (χ1) is 29.2. The molecule has 5 aromatic carbocycles. The summed E-state index contributed by atoms with van der Waals surface area (Å²) < 4.78 is 26.0. The molecule has 61 heavy (non-hydrogen) atoms. The third-order valence-electron chi connectivity index (χ3n) is 11.9. The monoisotopic (exact) mass is 829 g/mol. The standard InChI is InChI=1S/C48H56FN7O5/c1-45(2,22-24-55-31-51-39-10-6-8-12-42(39)55)53-29-48(60,37-20-17-35(58)27-38(37)49)47(30-57,54-46(3,4)23-25-56-32-52-40-11-7-9-13-43(40)56)34-16-21-44(59)41(26-34)50-28-33-14-18-36(61-5)19-15-33/h6-21,26-27,31-32,50,53-54,57-60H,22-25,28-30H2,1-5H3. The number of benzene rings is 5. The fourth-order valence-corrected chi connectivity index (χ4v) is 8.15. The molecular formula is C48H56FN7O5. The lowest BCUT2D eigenvalue weighted by Gasteiger charge is -2.52. The number of ether oxygens (including phenoxy) is 1. The van der Waals surface area contributed by atoms with Crippen LogP contribution in [-0.4, -0.2) is 70.9 Å². The molecule has 0 saturated heterocycles. The van der Waals surface area contributed by atoms with Crippen molar-refractivity contribution >= 4 is 27.8 Å². The summed E-state index contributed by atoms with van der Waals surface area (Å²) in [4.78, 5) is 9.10. The van der Waals surface area contributed by atoms with Gasteiger partial charge in [0.15, 0.2) is 0 Å². The van der Waals surface area contributed by atoms with Gasteiger partial charge in [0.25, 0.3) is 0 Å². The van der Waals surface area contributed by atoms with Gasteiger partial charge in [0, 0.05) is 48.9 Å². The molecule has 12 nitrogen and oxygen atoms in total. The zero-order chi connectivity index (χ0) is 43.4. The Morgan fingerprint density at radius 2 is 1.34 bits per heavy atom. The number of aromatic hydroxyl groups is 2. The Balaban J connectivity index is 1.29. The number of para-hydroxylation sites is 4. The first-order valence-corrected chi connectivity index (χ1v) is 20.5. The van der Waals surface area contributed by atoms with Crippen LogP contribution < -0.4 is 20.7 Å². The van der Waals surface area contributed by atoms with Gasteiger partial charge in [-0.15, -0.1) is 0 Å². The third kappa shape index (κ3) is 9.20. The van der Waals surface area contributed by atoms with E-state index < -0.39 is 34.6 Å². The number of aromatic nitrogens is 4. The smallest absolute Gasteiger partial charge is 0.138 e. The number of aryl methyl sites for hydroxylation is 2. The Hall–Kier alpha value is -5.99. The van der Waals surface area contributed by atoms with Gasteiger partial charge in [-0.25, -0.2) is 14.4 Å². The number of nitrogens with one attached hydrogen (secondary N) is 3. The molecule has 0 aliphatic rings. The quantitative estimate of drug-likeness (QED) is 0.0406. The number of halogens is 1. The van der Waals surface area contributed by atoms with Gasteiger partial charge in [-0.3, -0.25) is 5.32 Å². The van der Waals surface area contributed by atoms with E-state index in [0.29, 0.717) is 49.5 Å². The minimum absolute atomic E-state index is 0.0546. The normalized spacial score (nSPS) is 14.2. The number of imidazole rings is 2. The third-order valence-corrected chi connectivity index (χ3v) is 11.9. The number of phenols is 2. The van der Waals surface area contributed by atoms with E-state index in [9.17, 15) is 20.4 Å². The molecule has 2 unspecified atom stereocenters. The molecule has 7 N–H and O–H groups in total. The number of hydrogen-bond donors (Lipinski definition) is 7. The lowest BCUT2D eigenvalue weighted by Crippen LogP contribution is -2.69. The molecule has 0 aliphatic heterocycles. The van der Waals surface area contributed by atoms with Crippen molar-refractivity contribution in [1.82, 2.24) is 29.7 Å². The van der Waals surface area contributed by atoms with Crippen LogP contribution in [0.1, 0.15) is 57.2 Å². The molecule has 13 heteroatoms. The number of methoxy groups -OCH3 is 1. The first kappa shape index (κ1) is 43.1. The SMILES string of the molecule is COc1ccc(CNc2cc(C(CO)(NC(C)(C)CCn3cnc4ccccc43)C(O)(CNC(C)(C)CCn3cnc4ccccc43)c3ccc(O)cc3F)ccc2O)cc1. The van der Waals surface area contributed by atoms with E-state index in [1.807, 2.05) is 107 Å². The van der Waals surface area contributed by atoms with Crippen molar-refractivity contribution in [3.8, 4) is 17.2 Å². The number of aliphatic hydroxyl groups excluding tert-OH is 1. The zero-order valence-corrected chi connectivity index (χ0v) is 35.4. The van der Waals surface area contributed by atoms with Crippen LogP contribution in [0.2, 0.25) is 0 Å². The molecule has 7 rings (SSSR count). The minimum Gasteiger partial charge on any atom is -0.508 e. The second-order valence-electron chi connectivity index (χ2n) is 17.1. The van der Waals surface area contributed by atoms with Crippen molar-refractivity contribution in [3.63, 3.8) is 0 Å². The summed E-state index contributed by atoms with van der Waals surface area (Å²) >= 11 is 0. The van der Waals surface area contributed by atoms with Crippen LogP contribution in [0.25, 0.3) is 22.1 Å². The number of phenolic OH excluding ortho intramolecular Hbond substituents is 2. The fourth-order valence-electron chi connectivity index (χ4n) is 8.15. The molecule has 0 saturated carbocycles. The minimum atomic E-state index is -2.23. The molecule has 2 heterocycles. The highest BCUT2D eigenvalue weighted by atomic mass is 19.1. The van der Waals surface area contributed by atoms with E-state index in [1.54, 1.807) is 25.6 Å². The average molecular weight is 830 g/mol. The van der Waals surface area contributed by atoms with Crippen molar-refractivity contribution < 1.29 is 29.6 Å². The number of β-amino-alcohol motifs (C(OH)–C–C–N with tert-alkyl or cyclic N) is 1. The van der Waals surface area contributed by atoms with E-state index in [0.717, 1.165) is 33.7 Å². The Morgan fingerprint density at radius 3 is 1.93 bits per heavy atom. The van der Waals surface area contributed by atoms with Crippen LogP contribution in [0.4, 0.5) is 10.1 Å². The van der Waals surface area contributed by atoms with Crippen LogP contribution in [0.5, 0.6) is 17.2 Å². The molecule has 7 aromatic rings. The molecule has 0 radical (unpaired) electrons. The number of rotatable bonds is 19. The van der Waals surface area contributed by atoms with Crippen LogP contribution >= 0.6 is 0 Å². The molecule has 2 aromatic heterocycles. The predicted octanol–water partition coefficient (Wildman–Crippen LogP) is 7.55. The van der Waals surface area contributed by atoms with Crippen molar-refractivity contribution in [3.05, 3.63) is 144 Å². The van der Waals surface area contributed by atoms with Gasteiger partial charge in [0.2, 0.25) is 0 Å². The summed E-state index contributed by atoms with van der Waals surface area (Å²) in [5.41, 5.74) is -0.320. The molecule has 320 valence electrons. The molecule has 0 amide bonds. The maximum absolute atomic E-state index is 16.5. The van der Waals surface area contributed by atoms with Gasteiger partial charge < -0.3 is 44.9 Å². The summed E-state index contributed by atoms with van der Waals surface area (Å²) in [7, 11) is 1.60. The Bertz CT molecular complexity index is 2590. The number of fused-ring (bicyclic) bond motifs is 2. The van der Waals surface area contributed by atoms with E-state index in [2.05, 4.69) is 35.1 Å². The second kappa shape index (κ2) is 17.5. The molecular weight excluding hydrogens is 774 g/mol. The van der Waals surface area contributed by atoms with Crippen molar-refractivity contribution in [1.29, 1.82) is 0 Å². The van der Waals surface area contributed by atoms with E-state index in [-0.39, 0.29) is 23.6 Å². The molecule has 0 spiro atoms. The highest BCUT2D eigenvalue weighted by molar-refractivity contribution is 5.75.